The highest BCUT2D eigenvalue weighted by atomic mass is 79.9. The van der Waals surface area contributed by atoms with E-state index in [2.05, 4.69) is 15.9 Å². The van der Waals surface area contributed by atoms with Gasteiger partial charge in [0.15, 0.2) is 0 Å². The smallest absolute Gasteiger partial charge is 0.268 e. The van der Waals surface area contributed by atoms with E-state index in [1.807, 2.05) is 24.3 Å². The van der Waals surface area contributed by atoms with Gasteiger partial charge in [0, 0.05) is 16.6 Å². The number of nitro benzene ring substituents is 1. The van der Waals surface area contributed by atoms with Gasteiger partial charge in [-0.3, -0.25) is 24.6 Å². The highest BCUT2D eigenvalue weighted by Crippen LogP contribution is 2.33. The topological polar surface area (TPSA) is 80.5 Å². The summed E-state index contributed by atoms with van der Waals surface area (Å²) < 4.78 is 0.913. The molecule has 0 aliphatic carbocycles. The largest absolute Gasteiger partial charge is 0.293 e. The number of nitrogens with zero attached hydrogens (tertiary/aromatic N) is 2. The minimum absolute atomic E-state index is 0.0668. The van der Waals surface area contributed by atoms with Gasteiger partial charge in [-0.2, -0.15) is 0 Å². The molecular formula is C17H11BrN2O4S. The minimum atomic E-state index is -0.503. The Morgan fingerprint density at radius 1 is 1.16 bits per heavy atom. The Hall–Kier alpha value is -2.45. The van der Waals surface area contributed by atoms with Gasteiger partial charge in [0.1, 0.15) is 0 Å². The summed E-state index contributed by atoms with van der Waals surface area (Å²) in [7, 11) is 0. The molecule has 0 aromatic heterocycles. The van der Waals surface area contributed by atoms with Crippen LogP contribution in [0.4, 0.5) is 10.5 Å². The number of hydrogen-bond donors (Lipinski definition) is 0. The van der Waals surface area contributed by atoms with Crippen molar-refractivity contribution in [2.75, 3.05) is 0 Å². The number of hydrogen-bond acceptors (Lipinski definition) is 5. The Balaban J connectivity index is 1.82. The molecule has 0 radical (unpaired) electrons. The van der Waals surface area contributed by atoms with Gasteiger partial charge in [0.05, 0.1) is 16.4 Å². The van der Waals surface area contributed by atoms with Gasteiger partial charge in [-0.15, -0.1) is 0 Å². The standard InChI is InChI=1S/C17H11BrN2O4S/c18-13-6-4-11(5-7-13)10-19-16(21)15(25-17(19)22)9-12-2-1-3-14(8-12)20(23)24/h1-9H,10H2. The molecule has 1 fully saturated rings. The first-order chi connectivity index (χ1) is 11.9. The highest BCUT2D eigenvalue weighted by molar-refractivity contribution is 9.10. The Bertz CT molecular complexity index is 896. The zero-order valence-electron chi connectivity index (χ0n) is 12.7. The molecule has 0 saturated carbocycles. The van der Waals surface area contributed by atoms with Crippen LogP contribution in [-0.4, -0.2) is 21.0 Å². The monoisotopic (exact) mass is 418 g/mol. The second kappa shape index (κ2) is 7.20. The first-order valence-electron chi connectivity index (χ1n) is 7.18. The van der Waals surface area contributed by atoms with E-state index in [0.717, 1.165) is 26.7 Å². The molecule has 126 valence electrons. The van der Waals surface area contributed by atoms with Gasteiger partial charge in [-0.05, 0) is 41.1 Å². The lowest BCUT2D eigenvalue weighted by Crippen LogP contribution is -2.27. The van der Waals surface area contributed by atoms with Crippen molar-refractivity contribution in [2.24, 2.45) is 0 Å². The SMILES string of the molecule is O=C1SC(=Cc2cccc([N+](=O)[O-])c2)C(=O)N1Cc1ccc(Br)cc1. The van der Waals surface area contributed by atoms with Crippen LogP contribution in [0.2, 0.25) is 0 Å². The Morgan fingerprint density at radius 2 is 1.88 bits per heavy atom. The molecule has 2 aromatic rings. The third-order valence-electron chi connectivity index (χ3n) is 3.51. The van der Waals surface area contributed by atoms with Crippen molar-refractivity contribution in [3.63, 3.8) is 0 Å². The van der Waals surface area contributed by atoms with Crippen molar-refractivity contribution in [1.29, 1.82) is 0 Å². The van der Waals surface area contributed by atoms with E-state index in [4.69, 9.17) is 0 Å². The summed E-state index contributed by atoms with van der Waals surface area (Å²) in [5, 5.41) is 10.5. The first-order valence-corrected chi connectivity index (χ1v) is 8.79. The highest BCUT2D eigenvalue weighted by Gasteiger charge is 2.35. The van der Waals surface area contributed by atoms with Gasteiger partial charge < -0.3 is 0 Å². The quantitative estimate of drug-likeness (QED) is 0.411. The Morgan fingerprint density at radius 3 is 2.56 bits per heavy atom. The van der Waals surface area contributed by atoms with Crippen molar-refractivity contribution < 1.29 is 14.5 Å². The number of imide groups is 1. The number of carbonyl (C=O) groups excluding carboxylic acids is 2. The molecule has 0 bridgehead atoms. The van der Waals surface area contributed by atoms with E-state index >= 15 is 0 Å². The summed E-state index contributed by atoms with van der Waals surface area (Å²) in [4.78, 5) is 36.4. The lowest BCUT2D eigenvalue weighted by Gasteiger charge is -2.12. The predicted octanol–water partition coefficient (Wildman–Crippen LogP) is 4.59. The van der Waals surface area contributed by atoms with Crippen molar-refractivity contribution >= 4 is 50.6 Å². The van der Waals surface area contributed by atoms with Gasteiger partial charge in [0.25, 0.3) is 16.8 Å². The van der Waals surface area contributed by atoms with Crippen molar-refractivity contribution in [3.8, 4) is 0 Å². The van der Waals surface area contributed by atoms with E-state index in [1.54, 1.807) is 6.07 Å². The van der Waals surface area contributed by atoms with Crippen molar-refractivity contribution in [3.05, 3.63) is 79.2 Å². The van der Waals surface area contributed by atoms with Crippen LogP contribution in [0.5, 0.6) is 0 Å². The minimum Gasteiger partial charge on any atom is -0.268 e. The Labute approximate surface area is 155 Å². The van der Waals surface area contributed by atoms with Gasteiger partial charge >= 0.3 is 0 Å². The van der Waals surface area contributed by atoms with Crippen molar-refractivity contribution in [1.82, 2.24) is 4.90 Å². The zero-order chi connectivity index (χ0) is 18.0. The summed E-state index contributed by atoms with van der Waals surface area (Å²) in [5.74, 6) is -0.399. The van der Waals surface area contributed by atoms with Gasteiger partial charge in [-0.25, -0.2) is 0 Å². The number of non-ortho nitro benzene ring substituents is 1. The molecule has 3 rings (SSSR count). The molecule has 1 saturated heterocycles. The fraction of sp³-hybridized carbons (Fsp3) is 0.0588. The number of amides is 2. The normalized spacial score (nSPS) is 15.9. The van der Waals surface area contributed by atoms with E-state index in [0.29, 0.717) is 5.56 Å². The summed E-state index contributed by atoms with van der Waals surface area (Å²) in [5.41, 5.74) is 1.27. The zero-order valence-corrected chi connectivity index (χ0v) is 15.1. The average Bonchev–Trinajstić information content (AvgIpc) is 2.84. The maximum Gasteiger partial charge on any atom is 0.293 e. The van der Waals surface area contributed by atoms with Crippen LogP contribution in [0.15, 0.2) is 57.9 Å². The third kappa shape index (κ3) is 3.97. The lowest BCUT2D eigenvalue weighted by molar-refractivity contribution is -0.384. The molecule has 1 aliphatic rings. The summed E-state index contributed by atoms with van der Waals surface area (Å²) in [6, 6.07) is 13.3. The molecule has 6 nitrogen and oxygen atoms in total. The second-order valence-electron chi connectivity index (χ2n) is 5.25. The van der Waals surface area contributed by atoms with Crippen LogP contribution in [0.25, 0.3) is 6.08 Å². The second-order valence-corrected chi connectivity index (χ2v) is 7.16. The molecule has 2 amide bonds. The summed E-state index contributed by atoms with van der Waals surface area (Å²) in [6.45, 7) is 0.185. The molecule has 1 aliphatic heterocycles. The summed E-state index contributed by atoms with van der Waals surface area (Å²) >= 11 is 4.17. The number of carbonyl (C=O) groups is 2. The van der Waals surface area contributed by atoms with Crippen LogP contribution < -0.4 is 0 Å². The fourth-order valence-electron chi connectivity index (χ4n) is 2.29. The summed E-state index contributed by atoms with van der Waals surface area (Å²) in [6.07, 6.45) is 1.50. The van der Waals surface area contributed by atoms with E-state index in [-0.39, 0.29) is 22.4 Å². The van der Waals surface area contributed by atoms with E-state index in [1.165, 1.54) is 24.3 Å². The average molecular weight is 419 g/mol. The Kier molecular flexibility index (Phi) is 5.00. The van der Waals surface area contributed by atoms with E-state index in [9.17, 15) is 19.7 Å². The fourth-order valence-corrected chi connectivity index (χ4v) is 3.39. The molecule has 0 unspecified atom stereocenters. The molecule has 0 spiro atoms. The van der Waals surface area contributed by atoms with Gasteiger partial charge in [0.2, 0.25) is 0 Å². The lowest BCUT2D eigenvalue weighted by atomic mass is 10.2. The van der Waals surface area contributed by atoms with Crippen LogP contribution >= 0.6 is 27.7 Å². The third-order valence-corrected chi connectivity index (χ3v) is 4.94. The predicted molar refractivity (Wildman–Crippen MR) is 98.8 cm³/mol. The molecule has 8 heteroatoms. The number of nitro groups is 1. The maximum atomic E-state index is 12.5. The van der Waals surface area contributed by atoms with Crippen LogP contribution in [0.3, 0.4) is 0 Å². The number of thioether (sulfide) groups is 1. The number of rotatable bonds is 4. The maximum absolute atomic E-state index is 12.5. The molecule has 0 atom stereocenters. The van der Waals surface area contributed by atoms with E-state index < -0.39 is 10.8 Å². The van der Waals surface area contributed by atoms with Gasteiger partial charge in [-0.1, -0.05) is 40.2 Å². The molecule has 25 heavy (non-hydrogen) atoms. The van der Waals surface area contributed by atoms with Crippen LogP contribution in [-0.2, 0) is 11.3 Å². The van der Waals surface area contributed by atoms with Crippen molar-refractivity contribution in [2.45, 2.75) is 6.54 Å². The number of benzene rings is 2. The number of halogens is 1. The molecule has 0 N–H and O–H groups in total. The van der Waals surface area contributed by atoms with Crippen LogP contribution in [0, 0.1) is 10.1 Å². The van der Waals surface area contributed by atoms with Crippen LogP contribution in [0.1, 0.15) is 11.1 Å². The molecule has 1 heterocycles. The first kappa shape index (κ1) is 17.4. The molecule has 2 aromatic carbocycles. The molecular weight excluding hydrogens is 408 g/mol.